The molecular formula is C16H8Br2N2O2. The molecule has 0 unspecified atom stereocenters. The van der Waals surface area contributed by atoms with E-state index in [1.165, 1.54) is 0 Å². The second-order valence-corrected chi connectivity index (χ2v) is 6.87. The van der Waals surface area contributed by atoms with Gasteiger partial charge in [-0.2, -0.15) is 0 Å². The van der Waals surface area contributed by atoms with Crippen molar-refractivity contribution in [2.75, 3.05) is 10.6 Å². The number of halogens is 2. The first kappa shape index (κ1) is 13.7. The van der Waals surface area contributed by atoms with Crippen LogP contribution >= 0.6 is 31.9 Å². The maximum absolute atomic E-state index is 12.4. The van der Waals surface area contributed by atoms with Gasteiger partial charge >= 0.3 is 0 Å². The largest absolute Gasteiger partial charge is 0.321 e. The summed E-state index contributed by atoms with van der Waals surface area (Å²) in [5.74, 6) is -0.517. The van der Waals surface area contributed by atoms with E-state index in [2.05, 4.69) is 42.5 Å². The summed E-state index contributed by atoms with van der Waals surface area (Å²) >= 11 is 6.82. The minimum absolute atomic E-state index is 0.258. The van der Waals surface area contributed by atoms with E-state index in [1.54, 1.807) is 0 Å². The van der Waals surface area contributed by atoms with Crippen molar-refractivity contribution in [1.82, 2.24) is 0 Å². The Morgan fingerprint density at radius 2 is 1.09 bits per heavy atom. The summed E-state index contributed by atoms with van der Waals surface area (Å²) in [7, 11) is 0. The number of rotatable bonds is 0. The summed E-state index contributed by atoms with van der Waals surface area (Å²) in [6.45, 7) is 0. The first-order valence-electron chi connectivity index (χ1n) is 6.51. The van der Waals surface area contributed by atoms with Gasteiger partial charge in [0, 0.05) is 31.4 Å². The highest BCUT2D eigenvalue weighted by Gasteiger charge is 2.35. The zero-order valence-corrected chi connectivity index (χ0v) is 14.2. The summed E-state index contributed by atoms with van der Waals surface area (Å²) in [4.78, 5) is 24.8. The number of carbonyl (C=O) groups excluding carboxylic acids is 2. The normalized spacial score (nSPS) is 18.8. The van der Waals surface area contributed by atoms with Gasteiger partial charge in [-0.05, 0) is 36.4 Å². The van der Waals surface area contributed by atoms with E-state index >= 15 is 0 Å². The predicted molar refractivity (Wildman–Crippen MR) is 92.4 cm³/mol. The lowest BCUT2D eigenvalue weighted by atomic mass is 9.96. The van der Waals surface area contributed by atoms with Crippen LogP contribution < -0.4 is 10.6 Å². The van der Waals surface area contributed by atoms with Gasteiger partial charge in [0.25, 0.3) is 11.8 Å². The molecule has 4 rings (SSSR count). The van der Waals surface area contributed by atoms with E-state index in [0.717, 1.165) is 20.1 Å². The van der Waals surface area contributed by atoms with Crippen LogP contribution in [0.2, 0.25) is 0 Å². The molecule has 108 valence electrons. The van der Waals surface area contributed by atoms with Crippen molar-refractivity contribution in [1.29, 1.82) is 0 Å². The molecule has 2 aromatic rings. The minimum Gasteiger partial charge on any atom is -0.321 e. The molecule has 0 aromatic heterocycles. The highest BCUT2D eigenvalue weighted by molar-refractivity contribution is 9.10. The third kappa shape index (κ3) is 1.94. The van der Waals surface area contributed by atoms with Crippen LogP contribution in [0.25, 0.3) is 11.1 Å². The van der Waals surface area contributed by atoms with Crippen molar-refractivity contribution in [2.45, 2.75) is 0 Å². The van der Waals surface area contributed by atoms with Gasteiger partial charge in [0.1, 0.15) is 0 Å². The van der Waals surface area contributed by atoms with Crippen LogP contribution in [0.1, 0.15) is 11.1 Å². The summed E-state index contributed by atoms with van der Waals surface area (Å²) in [5, 5.41) is 5.62. The van der Waals surface area contributed by atoms with Gasteiger partial charge in [-0.25, -0.2) is 0 Å². The first-order valence-corrected chi connectivity index (χ1v) is 8.10. The third-order valence-corrected chi connectivity index (χ3v) is 4.69. The lowest BCUT2D eigenvalue weighted by Gasteiger charge is -2.04. The maximum atomic E-state index is 12.4. The van der Waals surface area contributed by atoms with Gasteiger partial charge in [-0.15, -0.1) is 0 Å². The zero-order chi connectivity index (χ0) is 15.4. The Bertz CT molecular complexity index is 830. The molecule has 0 spiro atoms. The van der Waals surface area contributed by atoms with Crippen molar-refractivity contribution < 1.29 is 9.59 Å². The smallest absolute Gasteiger partial charge is 0.257 e. The van der Waals surface area contributed by atoms with Crippen molar-refractivity contribution >= 4 is 66.2 Å². The van der Waals surface area contributed by atoms with Crippen LogP contribution in [0.5, 0.6) is 0 Å². The number of anilines is 2. The van der Waals surface area contributed by atoms with Gasteiger partial charge in [0.2, 0.25) is 0 Å². The second kappa shape index (κ2) is 4.79. The molecule has 2 N–H and O–H groups in total. The van der Waals surface area contributed by atoms with E-state index in [4.69, 9.17) is 0 Å². The molecule has 2 aliphatic heterocycles. The molecule has 0 bridgehead atoms. The maximum Gasteiger partial charge on any atom is 0.257 e. The lowest BCUT2D eigenvalue weighted by molar-refractivity contribution is -0.112. The molecule has 0 radical (unpaired) electrons. The fourth-order valence-electron chi connectivity index (χ4n) is 2.78. The summed E-state index contributed by atoms with van der Waals surface area (Å²) in [5.41, 5.74) is 3.71. The number of hydrogen-bond donors (Lipinski definition) is 2. The fourth-order valence-corrected chi connectivity index (χ4v) is 3.50. The lowest BCUT2D eigenvalue weighted by Crippen LogP contribution is -2.10. The Kier molecular flexibility index (Phi) is 2.99. The van der Waals surface area contributed by atoms with Gasteiger partial charge < -0.3 is 10.6 Å². The standard InChI is InChI=1S/C16H8Br2N2O2/c17-7-1-3-11-9(5-7)13(15(21)19-11)14-10-6-8(18)2-4-12(10)20-16(14)22/h1-6H,(H,19,21)(H,20,22)/b14-13+. The Balaban J connectivity index is 2.04. The molecule has 0 atom stereocenters. The fraction of sp³-hybridized carbons (Fsp3) is 0. The van der Waals surface area contributed by atoms with Crippen LogP contribution in [0.4, 0.5) is 11.4 Å². The average Bonchev–Trinajstić information content (AvgIpc) is 2.94. The second-order valence-electron chi connectivity index (χ2n) is 5.04. The molecule has 2 aliphatic rings. The average molecular weight is 420 g/mol. The van der Waals surface area contributed by atoms with E-state index in [-0.39, 0.29) is 11.8 Å². The van der Waals surface area contributed by atoms with Crippen molar-refractivity contribution in [2.24, 2.45) is 0 Å². The Labute approximate surface area is 142 Å². The third-order valence-electron chi connectivity index (χ3n) is 3.70. The van der Waals surface area contributed by atoms with E-state index in [0.29, 0.717) is 22.5 Å². The molecular weight excluding hydrogens is 412 g/mol. The van der Waals surface area contributed by atoms with E-state index in [9.17, 15) is 9.59 Å². The Morgan fingerprint density at radius 1 is 0.682 bits per heavy atom. The molecule has 0 saturated heterocycles. The minimum atomic E-state index is -0.258. The van der Waals surface area contributed by atoms with E-state index in [1.807, 2.05) is 36.4 Å². The molecule has 6 heteroatoms. The molecule has 22 heavy (non-hydrogen) atoms. The molecule has 2 heterocycles. The zero-order valence-electron chi connectivity index (χ0n) is 11.0. The molecule has 0 aliphatic carbocycles. The van der Waals surface area contributed by atoms with Crippen LogP contribution in [-0.2, 0) is 9.59 Å². The van der Waals surface area contributed by atoms with E-state index < -0.39 is 0 Å². The molecule has 2 aromatic carbocycles. The Hall–Kier alpha value is -1.92. The quantitative estimate of drug-likeness (QED) is 0.633. The van der Waals surface area contributed by atoms with Gasteiger partial charge in [-0.3, -0.25) is 9.59 Å². The van der Waals surface area contributed by atoms with Gasteiger partial charge in [0.15, 0.2) is 0 Å². The highest BCUT2D eigenvalue weighted by Crippen LogP contribution is 2.43. The number of fused-ring (bicyclic) bond motifs is 2. The topological polar surface area (TPSA) is 58.2 Å². The van der Waals surface area contributed by atoms with Crippen LogP contribution in [0.15, 0.2) is 45.3 Å². The van der Waals surface area contributed by atoms with Crippen molar-refractivity contribution in [3.63, 3.8) is 0 Å². The van der Waals surface area contributed by atoms with Gasteiger partial charge in [0.05, 0.1) is 11.1 Å². The first-order chi connectivity index (χ1) is 10.5. The highest BCUT2D eigenvalue weighted by atomic mass is 79.9. The van der Waals surface area contributed by atoms with Crippen LogP contribution in [0.3, 0.4) is 0 Å². The summed E-state index contributed by atoms with van der Waals surface area (Å²) in [6, 6.07) is 11.0. The van der Waals surface area contributed by atoms with Gasteiger partial charge in [-0.1, -0.05) is 31.9 Å². The van der Waals surface area contributed by atoms with Crippen LogP contribution in [0, 0.1) is 0 Å². The molecule has 0 fully saturated rings. The van der Waals surface area contributed by atoms with Crippen molar-refractivity contribution in [3.05, 3.63) is 56.5 Å². The number of carbonyl (C=O) groups is 2. The number of amides is 2. The summed E-state index contributed by atoms with van der Waals surface area (Å²) in [6.07, 6.45) is 0. The van der Waals surface area contributed by atoms with Crippen molar-refractivity contribution in [3.8, 4) is 0 Å². The number of benzene rings is 2. The molecule has 4 nitrogen and oxygen atoms in total. The van der Waals surface area contributed by atoms with Crippen LogP contribution in [-0.4, -0.2) is 11.8 Å². The predicted octanol–water partition coefficient (Wildman–Crippen LogP) is 4.03. The summed E-state index contributed by atoms with van der Waals surface area (Å²) < 4.78 is 1.71. The molecule has 2 amide bonds. The number of hydrogen-bond acceptors (Lipinski definition) is 2. The Morgan fingerprint density at radius 3 is 1.50 bits per heavy atom. The molecule has 0 saturated carbocycles. The monoisotopic (exact) mass is 418 g/mol. The number of nitrogens with one attached hydrogen (secondary N) is 2. The SMILES string of the molecule is O=C1Nc2ccc(Br)cc2/C1=C1\C(=O)Nc2ccc(Br)cc21.